The van der Waals surface area contributed by atoms with Gasteiger partial charge in [-0.15, -0.1) is 10.2 Å². The highest BCUT2D eigenvalue weighted by molar-refractivity contribution is 6.30. The van der Waals surface area contributed by atoms with Gasteiger partial charge in [-0.25, -0.2) is 0 Å². The summed E-state index contributed by atoms with van der Waals surface area (Å²) in [5.41, 5.74) is 2.06. The molecule has 3 rings (SSSR count). The third-order valence-corrected chi connectivity index (χ3v) is 4.29. The van der Waals surface area contributed by atoms with Gasteiger partial charge >= 0.3 is 0 Å². The summed E-state index contributed by atoms with van der Waals surface area (Å²) in [6, 6.07) is 17.4. The van der Waals surface area contributed by atoms with E-state index in [0.717, 1.165) is 17.5 Å². The summed E-state index contributed by atoms with van der Waals surface area (Å²) < 4.78 is 5.57. The van der Waals surface area contributed by atoms with Crippen LogP contribution in [0.5, 0.6) is 0 Å². The van der Waals surface area contributed by atoms with Gasteiger partial charge in [0, 0.05) is 24.9 Å². The number of amides is 1. The standard InChI is InChI=1S/C20H20ClN3O2/c1-14-23-24-20(26-14)18(16-7-3-2-4-8-16)13-19(25)22-11-10-15-6-5-9-17(21)12-15/h2-9,12,18H,10-11,13H2,1H3,(H,22,25). The maximum atomic E-state index is 12.4. The number of hydrogen-bond donors (Lipinski definition) is 1. The van der Waals surface area contributed by atoms with Gasteiger partial charge in [-0.05, 0) is 29.7 Å². The number of aryl methyl sites for hydroxylation is 1. The Labute approximate surface area is 157 Å². The lowest BCUT2D eigenvalue weighted by atomic mass is 9.95. The zero-order chi connectivity index (χ0) is 18.4. The van der Waals surface area contributed by atoms with Crippen molar-refractivity contribution < 1.29 is 9.21 Å². The molecule has 1 N–H and O–H groups in total. The van der Waals surface area contributed by atoms with Crippen LogP contribution < -0.4 is 5.32 Å². The zero-order valence-electron chi connectivity index (χ0n) is 14.5. The minimum absolute atomic E-state index is 0.0586. The molecule has 6 heteroatoms. The van der Waals surface area contributed by atoms with E-state index in [0.29, 0.717) is 23.3 Å². The summed E-state index contributed by atoms with van der Waals surface area (Å²) in [4.78, 5) is 12.4. The molecule has 0 radical (unpaired) electrons. The fraction of sp³-hybridized carbons (Fsp3) is 0.250. The molecular formula is C20H20ClN3O2. The van der Waals surface area contributed by atoms with E-state index in [1.807, 2.05) is 54.6 Å². The van der Waals surface area contributed by atoms with Crippen molar-refractivity contribution in [2.45, 2.75) is 25.7 Å². The van der Waals surface area contributed by atoms with E-state index in [2.05, 4.69) is 15.5 Å². The van der Waals surface area contributed by atoms with E-state index >= 15 is 0 Å². The molecule has 3 aromatic rings. The number of carbonyl (C=O) groups is 1. The Morgan fingerprint density at radius 1 is 1.15 bits per heavy atom. The molecule has 0 aliphatic rings. The molecule has 1 atom stereocenters. The van der Waals surface area contributed by atoms with Crippen molar-refractivity contribution in [2.24, 2.45) is 0 Å². The fourth-order valence-corrected chi connectivity index (χ4v) is 2.99. The van der Waals surface area contributed by atoms with Crippen LogP contribution in [-0.4, -0.2) is 22.6 Å². The summed E-state index contributed by atoms with van der Waals surface area (Å²) in [6.07, 6.45) is 0.975. The zero-order valence-corrected chi connectivity index (χ0v) is 15.2. The number of aromatic nitrogens is 2. The first-order valence-corrected chi connectivity index (χ1v) is 8.85. The van der Waals surface area contributed by atoms with Crippen molar-refractivity contribution in [3.63, 3.8) is 0 Å². The van der Waals surface area contributed by atoms with E-state index in [-0.39, 0.29) is 18.2 Å². The van der Waals surface area contributed by atoms with Crippen LogP contribution in [0.3, 0.4) is 0 Å². The number of rotatable bonds is 7. The second-order valence-corrected chi connectivity index (χ2v) is 6.49. The molecule has 0 saturated heterocycles. The number of benzene rings is 2. The number of hydrogen-bond acceptors (Lipinski definition) is 4. The Morgan fingerprint density at radius 3 is 2.65 bits per heavy atom. The Hall–Kier alpha value is -2.66. The molecule has 1 unspecified atom stereocenters. The van der Waals surface area contributed by atoms with Crippen LogP contribution in [0.4, 0.5) is 0 Å². The van der Waals surface area contributed by atoms with Crippen molar-refractivity contribution in [1.82, 2.24) is 15.5 Å². The first kappa shape index (κ1) is 18.1. The Kier molecular flexibility index (Phi) is 6.02. The molecule has 1 amide bonds. The summed E-state index contributed by atoms with van der Waals surface area (Å²) >= 11 is 5.98. The first-order chi connectivity index (χ1) is 12.6. The van der Waals surface area contributed by atoms with Crippen LogP contribution in [0.15, 0.2) is 59.0 Å². The normalized spacial score (nSPS) is 11.9. The molecule has 5 nitrogen and oxygen atoms in total. The van der Waals surface area contributed by atoms with Crippen LogP contribution in [0.1, 0.15) is 35.2 Å². The van der Waals surface area contributed by atoms with Crippen LogP contribution in [0.25, 0.3) is 0 Å². The van der Waals surface area contributed by atoms with E-state index in [1.165, 1.54) is 0 Å². The number of halogens is 1. The number of carbonyl (C=O) groups excluding carboxylic acids is 1. The third kappa shape index (κ3) is 4.92. The van der Waals surface area contributed by atoms with Gasteiger partial charge in [-0.2, -0.15) is 0 Å². The smallest absolute Gasteiger partial charge is 0.224 e. The van der Waals surface area contributed by atoms with Gasteiger partial charge in [0.1, 0.15) is 0 Å². The van der Waals surface area contributed by atoms with Gasteiger partial charge in [0.2, 0.25) is 17.7 Å². The monoisotopic (exact) mass is 369 g/mol. The van der Waals surface area contributed by atoms with Crippen molar-refractivity contribution in [3.8, 4) is 0 Å². The predicted octanol–water partition coefficient (Wildman–Crippen LogP) is 3.91. The van der Waals surface area contributed by atoms with Crippen molar-refractivity contribution in [2.75, 3.05) is 6.54 Å². The average molecular weight is 370 g/mol. The first-order valence-electron chi connectivity index (χ1n) is 8.48. The number of nitrogens with zero attached hydrogens (tertiary/aromatic N) is 2. The highest BCUT2D eigenvalue weighted by Gasteiger charge is 2.23. The van der Waals surface area contributed by atoms with E-state index in [9.17, 15) is 4.79 Å². The minimum atomic E-state index is -0.261. The van der Waals surface area contributed by atoms with E-state index in [4.69, 9.17) is 16.0 Å². The lowest BCUT2D eigenvalue weighted by Gasteiger charge is -2.13. The van der Waals surface area contributed by atoms with Crippen molar-refractivity contribution >= 4 is 17.5 Å². The van der Waals surface area contributed by atoms with Crippen LogP contribution in [-0.2, 0) is 11.2 Å². The van der Waals surface area contributed by atoms with Gasteiger partial charge in [-0.3, -0.25) is 4.79 Å². The summed E-state index contributed by atoms with van der Waals surface area (Å²) in [6.45, 7) is 2.28. The average Bonchev–Trinajstić information content (AvgIpc) is 3.06. The lowest BCUT2D eigenvalue weighted by Crippen LogP contribution is -2.27. The molecule has 2 aromatic carbocycles. The molecule has 1 heterocycles. The summed E-state index contributed by atoms with van der Waals surface area (Å²) in [7, 11) is 0. The van der Waals surface area contributed by atoms with Crippen LogP contribution in [0, 0.1) is 6.92 Å². The summed E-state index contributed by atoms with van der Waals surface area (Å²) in [5, 5.41) is 11.6. The van der Waals surface area contributed by atoms with Gasteiger partial charge < -0.3 is 9.73 Å². The molecular weight excluding hydrogens is 350 g/mol. The fourth-order valence-electron chi connectivity index (χ4n) is 2.78. The maximum Gasteiger partial charge on any atom is 0.224 e. The molecule has 0 bridgehead atoms. The lowest BCUT2D eigenvalue weighted by molar-refractivity contribution is -0.121. The van der Waals surface area contributed by atoms with Crippen molar-refractivity contribution in [3.05, 3.63) is 82.5 Å². The quantitative estimate of drug-likeness (QED) is 0.685. The molecule has 0 aliphatic carbocycles. The second kappa shape index (κ2) is 8.63. The molecule has 0 saturated carbocycles. The second-order valence-electron chi connectivity index (χ2n) is 6.06. The third-order valence-electron chi connectivity index (χ3n) is 4.06. The van der Waals surface area contributed by atoms with Gasteiger partial charge in [0.25, 0.3) is 0 Å². The van der Waals surface area contributed by atoms with Gasteiger partial charge in [0.15, 0.2) is 0 Å². The molecule has 0 aliphatic heterocycles. The molecule has 134 valence electrons. The van der Waals surface area contributed by atoms with E-state index in [1.54, 1.807) is 6.92 Å². The van der Waals surface area contributed by atoms with E-state index < -0.39 is 0 Å². The largest absolute Gasteiger partial charge is 0.425 e. The minimum Gasteiger partial charge on any atom is -0.425 e. The molecule has 0 spiro atoms. The summed E-state index contributed by atoms with van der Waals surface area (Å²) in [5.74, 6) is 0.626. The Morgan fingerprint density at radius 2 is 1.96 bits per heavy atom. The van der Waals surface area contributed by atoms with Crippen LogP contribution in [0.2, 0.25) is 5.02 Å². The van der Waals surface area contributed by atoms with Gasteiger partial charge in [0.05, 0.1) is 5.92 Å². The topological polar surface area (TPSA) is 68.0 Å². The molecule has 0 fully saturated rings. The Balaban J connectivity index is 1.62. The highest BCUT2D eigenvalue weighted by Crippen LogP contribution is 2.26. The van der Waals surface area contributed by atoms with Crippen LogP contribution >= 0.6 is 11.6 Å². The molecule has 26 heavy (non-hydrogen) atoms. The highest BCUT2D eigenvalue weighted by atomic mass is 35.5. The van der Waals surface area contributed by atoms with Crippen molar-refractivity contribution in [1.29, 1.82) is 0 Å². The molecule has 1 aromatic heterocycles. The Bertz CT molecular complexity index is 864. The SMILES string of the molecule is Cc1nnc(C(CC(=O)NCCc2cccc(Cl)c2)c2ccccc2)o1. The number of nitrogens with one attached hydrogen (secondary N) is 1. The predicted molar refractivity (Wildman–Crippen MR) is 100 cm³/mol. The van der Waals surface area contributed by atoms with Gasteiger partial charge in [-0.1, -0.05) is 54.1 Å². The maximum absolute atomic E-state index is 12.4.